The monoisotopic (exact) mass is 398 g/mol. The van der Waals surface area contributed by atoms with E-state index in [1.165, 1.54) is 11.1 Å². The molecule has 0 heterocycles. The molecule has 0 saturated carbocycles. The van der Waals surface area contributed by atoms with Crippen LogP contribution in [0.25, 0.3) is 0 Å². The summed E-state index contributed by atoms with van der Waals surface area (Å²) in [4.78, 5) is 0. The van der Waals surface area contributed by atoms with Gasteiger partial charge in [0.1, 0.15) is 11.5 Å². The minimum absolute atomic E-state index is 0.471. The van der Waals surface area contributed by atoms with Crippen molar-refractivity contribution in [2.24, 2.45) is 0 Å². The van der Waals surface area contributed by atoms with Gasteiger partial charge in [-0.2, -0.15) is 0 Å². The van der Waals surface area contributed by atoms with Gasteiger partial charge in [0.15, 0.2) is 0 Å². The lowest BCUT2D eigenvalue weighted by Gasteiger charge is -2.20. The molecule has 2 rings (SSSR count). The van der Waals surface area contributed by atoms with Crippen molar-refractivity contribution in [1.29, 1.82) is 0 Å². The van der Waals surface area contributed by atoms with Gasteiger partial charge in [-0.3, -0.25) is 0 Å². The first kappa shape index (κ1) is 23.3. The largest absolute Gasteiger partial charge is 0.494 e. The van der Waals surface area contributed by atoms with E-state index in [9.17, 15) is 0 Å². The first-order valence-corrected chi connectivity index (χ1v) is 11.3. The summed E-state index contributed by atoms with van der Waals surface area (Å²) in [5.74, 6) is 2.97. The maximum absolute atomic E-state index is 6.06. The number of hydrogen-bond acceptors (Lipinski definition) is 3. The molecule has 2 aromatic carbocycles. The Labute approximate surface area is 177 Å². The van der Waals surface area contributed by atoms with E-state index in [0.29, 0.717) is 25.0 Å². The van der Waals surface area contributed by atoms with Crippen molar-refractivity contribution in [3.05, 3.63) is 59.7 Å². The summed E-state index contributed by atoms with van der Waals surface area (Å²) in [5.41, 5.74) is 2.61. The zero-order valence-corrected chi connectivity index (χ0v) is 18.7. The predicted octanol–water partition coefficient (Wildman–Crippen LogP) is 6.97. The van der Waals surface area contributed by atoms with Crippen LogP contribution in [-0.4, -0.2) is 26.4 Å². The highest BCUT2D eigenvalue weighted by Gasteiger charge is 2.16. The molecule has 3 nitrogen and oxygen atoms in total. The van der Waals surface area contributed by atoms with E-state index in [2.05, 4.69) is 50.2 Å². The molecule has 0 aliphatic rings. The molecule has 0 fully saturated rings. The van der Waals surface area contributed by atoms with Crippen LogP contribution >= 0.6 is 0 Å². The van der Waals surface area contributed by atoms with Gasteiger partial charge in [-0.05, 0) is 74.6 Å². The minimum atomic E-state index is 0.471. The van der Waals surface area contributed by atoms with Crippen LogP contribution in [0, 0.1) is 0 Å². The molecule has 0 aliphatic carbocycles. The second-order valence-corrected chi connectivity index (χ2v) is 7.34. The van der Waals surface area contributed by atoms with Crippen LogP contribution in [0.4, 0.5) is 0 Å². The maximum Gasteiger partial charge on any atom is 0.122 e. The molecule has 0 amide bonds. The van der Waals surface area contributed by atoms with Crippen LogP contribution in [0.1, 0.15) is 76.3 Å². The van der Waals surface area contributed by atoms with Gasteiger partial charge in [0.2, 0.25) is 0 Å². The van der Waals surface area contributed by atoms with Gasteiger partial charge in [0.05, 0.1) is 13.2 Å². The summed E-state index contributed by atoms with van der Waals surface area (Å²) < 4.78 is 17.7. The first-order valence-electron chi connectivity index (χ1n) is 11.3. The van der Waals surface area contributed by atoms with Gasteiger partial charge < -0.3 is 14.2 Å². The molecule has 2 aromatic rings. The fourth-order valence-corrected chi connectivity index (χ4v) is 3.92. The Balaban J connectivity index is 1.85. The molecular formula is C26H38O3. The maximum atomic E-state index is 6.06. The van der Waals surface area contributed by atoms with E-state index >= 15 is 0 Å². The summed E-state index contributed by atoms with van der Waals surface area (Å²) in [6.45, 7) is 11.5. The third-order valence-electron chi connectivity index (χ3n) is 5.52. The Morgan fingerprint density at radius 2 is 1.03 bits per heavy atom. The van der Waals surface area contributed by atoms with Crippen molar-refractivity contribution < 1.29 is 14.2 Å². The minimum Gasteiger partial charge on any atom is -0.494 e. The molecule has 0 spiro atoms. The smallest absolute Gasteiger partial charge is 0.122 e. The molecule has 29 heavy (non-hydrogen) atoms. The quantitative estimate of drug-likeness (QED) is 0.322. The Hall–Kier alpha value is -2.00. The SMILES string of the molecule is CCOc1ccccc1C(CC)CCOCCC(CC)c1ccccc1OCC. The van der Waals surface area contributed by atoms with E-state index < -0.39 is 0 Å². The third kappa shape index (κ3) is 7.08. The fourth-order valence-electron chi connectivity index (χ4n) is 3.92. The van der Waals surface area contributed by atoms with Crippen LogP contribution in [0.5, 0.6) is 11.5 Å². The van der Waals surface area contributed by atoms with Gasteiger partial charge in [0, 0.05) is 13.2 Å². The summed E-state index contributed by atoms with van der Waals surface area (Å²) in [6, 6.07) is 16.8. The van der Waals surface area contributed by atoms with E-state index in [1.54, 1.807) is 0 Å². The van der Waals surface area contributed by atoms with Crippen LogP contribution in [-0.2, 0) is 4.74 Å². The summed E-state index contributed by atoms with van der Waals surface area (Å²) in [6.07, 6.45) is 4.22. The van der Waals surface area contributed by atoms with Crippen molar-refractivity contribution in [2.45, 2.75) is 65.2 Å². The molecule has 2 unspecified atom stereocenters. The van der Waals surface area contributed by atoms with Gasteiger partial charge >= 0.3 is 0 Å². The number of para-hydroxylation sites is 2. The lowest BCUT2D eigenvalue weighted by molar-refractivity contribution is 0.118. The second-order valence-electron chi connectivity index (χ2n) is 7.34. The van der Waals surface area contributed by atoms with Crippen LogP contribution in [0.15, 0.2) is 48.5 Å². The summed E-state index contributed by atoms with van der Waals surface area (Å²) >= 11 is 0. The molecule has 0 saturated heterocycles. The molecule has 3 heteroatoms. The first-order chi connectivity index (χ1) is 14.2. The summed E-state index contributed by atoms with van der Waals surface area (Å²) in [5, 5.41) is 0. The molecule has 0 aromatic heterocycles. The molecular weight excluding hydrogens is 360 g/mol. The van der Waals surface area contributed by atoms with E-state index in [1.807, 2.05) is 26.0 Å². The fraction of sp³-hybridized carbons (Fsp3) is 0.538. The Morgan fingerprint density at radius 3 is 1.41 bits per heavy atom. The zero-order chi connectivity index (χ0) is 20.9. The van der Waals surface area contributed by atoms with Crippen molar-refractivity contribution in [3.63, 3.8) is 0 Å². The van der Waals surface area contributed by atoms with Crippen LogP contribution in [0.3, 0.4) is 0 Å². The predicted molar refractivity (Wildman–Crippen MR) is 121 cm³/mol. The number of benzene rings is 2. The van der Waals surface area contributed by atoms with Crippen molar-refractivity contribution >= 4 is 0 Å². The average Bonchev–Trinajstić information content (AvgIpc) is 2.75. The van der Waals surface area contributed by atoms with Crippen molar-refractivity contribution in [3.8, 4) is 11.5 Å². The lowest BCUT2D eigenvalue weighted by Crippen LogP contribution is -2.09. The standard InChI is InChI=1S/C26H38O3/c1-5-21(23-13-9-11-15-25(23)28-7-3)17-19-27-20-18-22(6-2)24-14-10-12-16-26(24)29-8-4/h9-16,21-22H,5-8,17-20H2,1-4H3. The second kappa shape index (κ2) is 13.3. The van der Waals surface area contributed by atoms with Gasteiger partial charge in [-0.15, -0.1) is 0 Å². The van der Waals surface area contributed by atoms with Crippen molar-refractivity contribution in [1.82, 2.24) is 0 Å². The van der Waals surface area contributed by atoms with E-state index in [4.69, 9.17) is 14.2 Å². The van der Waals surface area contributed by atoms with Crippen LogP contribution in [0.2, 0.25) is 0 Å². The van der Waals surface area contributed by atoms with Crippen LogP contribution < -0.4 is 9.47 Å². The zero-order valence-electron chi connectivity index (χ0n) is 18.7. The highest BCUT2D eigenvalue weighted by molar-refractivity contribution is 5.37. The van der Waals surface area contributed by atoms with Gasteiger partial charge in [-0.25, -0.2) is 0 Å². The molecule has 0 bridgehead atoms. The van der Waals surface area contributed by atoms with Crippen molar-refractivity contribution in [2.75, 3.05) is 26.4 Å². The number of hydrogen-bond donors (Lipinski definition) is 0. The normalized spacial score (nSPS) is 13.1. The third-order valence-corrected chi connectivity index (χ3v) is 5.52. The van der Waals surface area contributed by atoms with E-state index in [-0.39, 0.29) is 0 Å². The molecule has 2 atom stereocenters. The van der Waals surface area contributed by atoms with Gasteiger partial charge in [0.25, 0.3) is 0 Å². The lowest BCUT2D eigenvalue weighted by atomic mass is 9.92. The Bertz CT molecular complexity index is 638. The molecule has 160 valence electrons. The number of rotatable bonds is 14. The Kier molecular flexibility index (Phi) is 10.6. The Morgan fingerprint density at radius 1 is 0.621 bits per heavy atom. The topological polar surface area (TPSA) is 27.7 Å². The number of ether oxygens (including phenoxy) is 3. The van der Waals surface area contributed by atoms with E-state index in [0.717, 1.165) is 50.4 Å². The summed E-state index contributed by atoms with van der Waals surface area (Å²) in [7, 11) is 0. The van der Waals surface area contributed by atoms with Gasteiger partial charge in [-0.1, -0.05) is 50.2 Å². The highest BCUT2D eigenvalue weighted by Crippen LogP contribution is 2.33. The highest BCUT2D eigenvalue weighted by atomic mass is 16.5. The molecule has 0 N–H and O–H groups in total. The molecule has 0 aliphatic heterocycles. The average molecular weight is 399 g/mol. The molecule has 0 radical (unpaired) electrons.